The van der Waals surface area contributed by atoms with E-state index in [0.29, 0.717) is 6.04 Å². The van der Waals surface area contributed by atoms with Gasteiger partial charge in [-0.15, -0.1) is 0 Å². The summed E-state index contributed by atoms with van der Waals surface area (Å²) in [5.74, 6) is 1.05. The van der Waals surface area contributed by atoms with Crippen LogP contribution in [0.2, 0.25) is 0 Å². The molecule has 0 aromatic carbocycles. The van der Waals surface area contributed by atoms with E-state index in [4.69, 9.17) is 0 Å². The zero-order chi connectivity index (χ0) is 9.97. The van der Waals surface area contributed by atoms with Crippen LogP contribution in [-0.4, -0.2) is 36.6 Å². The first kappa shape index (κ1) is 10.4. The summed E-state index contributed by atoms with van der Waals surface area (Å²) in [4.78, 5) is 2.73. The monoisotopic (exact) mass is 196 g/mol. The third-order valence-electron chi connectivity index (χ3n) is 3.31. The van der Waals surface area contributed by atoms with Gasteiger partial charge in [0.25, 0.3) is 0 Å². The Morgan fingerprint density at radius 3 is 2.50 bits per heavy atom. The molecule has 0 bridgehead atoms. The Labute approximate surface area is 88.1 Å². The lowest BCUT2D eigenvalue weighted by molar-refractivity contribution is 0.229. The normalized spacial score (nSPS) is 24.2. The summed E-state index contributed by atoms with van der Waals surface area (Å²) < 4.78 is 0. The summed E-state index contributed by atoms with van der Waals surface area (Å²) in [7, 11) is 0. The fourth-order valence-corrected chi connectivity index (χ4v) is 2.21. The molecule has 0 aromatic heterocycles. The third-order valence-corrected chi connectivity index (χ3v) is 3.31. The van der Waals surface area contributed by atoms with Crippen molar-refractivity contribution in [3.05, 3.63) is 0 Å². The quantitative estimate of drug-likeness (QED) is 0.668. The second-order valence-corrected chi connectivity index (χ2v) is 5.09. The minimum Gasteiger partial charge on any atom is -0.313 e. The second kappa shape index (κ2) is 4.63. The Morgan fingerprint density at radius 2 is 2.00 bits per heavy atom. The molecule has 0 heterocycles. The molecule has 0 radical (unpaired) electrons. The van der Waals surface area contributed by atoms with E-state index >= 15 is 0 Å². The van der Waals surface area contributed by atoms with Crippen molar-refractivity contribution >= 4 is 0 Å². The summed E-state index contributed by atoms with van der Waals surface area (Å²) >= 11 is 0. The molecule has 2 heteroatoms. The lowest BCUT2D eigenvalue weighted by Crippen LogP contribution is -2.41. The van der Waals surface area contributed by atoms with Gasteiger partial charge in [0, 0.05) is 25.2 Å². The van der Waals surface area contributed by atoms with Gasteiger partial charge in [-0.1, -0.05) is 6.92 Å². The topological polar surface area (TPSA) is 15.3 Å². The minimum absolute atomic E-state index is 0.666. The standard InChI is InChI=1S/C12H24N2/c1-3-13-10(2)8-14(12-6-7-12)9-11-4-5-11/h10-13H,3-9H2,1-2H3. The van der Waals surface area contributed by atoms with Crippen LogP contribution in [0.1, 0.15) is 39.5 Å². The van der Waals surface area contributed by atoms with Gasteiger partial charge < -0.3 is 5.32 Å². The molecule has 1 atom stereocenters. The highest BCUT2D eigenvalue weighted by Crippen LogP contribution is 2.34. The molecule has 1 N–H and O–H groups in total. The highest BCUT2D eigenvalue weighted by atomic mass is 15.2. The zero-order valence-corrected chi connectivity index (χ0v) is 9.63. The maximum atomic E-state index is 3.51. The second-order valence-electron chi connectivity index (χ2n) is 5.09. The third kappa shape index (κ3) is 3.25. The van der Waals surface area contributed by atoms with Crippen LogP contribution in [0.15, 0.2) is 0 Å². The van der Waals surface area contributed by atoms with E-state index in [1.54, 1.807) is 0 Å². The summed E-state index contributed by atoms with van der Waals surface area (Å²) in [6.45, 7) is 8.24. The fourth-order valence-electron chi connectivity index (χ4n) is 2.21. The van der Waals surface area contributed by atoms with Crippen LogP contribution < -0.4 is 5.32 Å². The van der Waals surface area contributed by atoms with Gasteiger partial charge in [-0.05, 0) is 45.1 Å². The van der Waals surface area contributed by atoms with Gasteiger partial charge in [-0.25, -0.2) is 0 Å². The Morgan fingerprint density at radius 1 is 1.29 bits per heavy atom. The van der Waals surface area contributed by atoms with Crippen LogP contribution in [0.3, 0.4) is 0 Å². The average Bonchev–Trinajstić information content (AvgIpc) is 3.00. The molecule has 2 saturated carbocycles. The van der Waals surface area contributed by atoms with E-state index in [0.717, 1.165) is 18.5 Å². The van der Waals surface area contributed by atoms with Gasteiger partial charge in [0.15, 0.2) is 0 Å². The molecule has 82 valence electrons. The number of hydrogen-bond acceptors (Lipinski definition) is 2. The highest BCUT2D eigenvalue weighted by molar-refractivity contribution is 4.89. The van der Waals surface area contributed by atoms with Crippen molar-refractivity contribution in [2.75, 3.05) is 19.6 Å². The zero-order valence-electron chi connectivity index (χ0n) is 9.63. The average molecular weight is 196 g/mol. The smallest absolute Gasteiger partial charge is 0.0166 e. The largest absolute Gasteiger partial charge is 0.313 e. The molecule has 0 aliphatic heterocycles. The fraction of sp³-hybridized carbons (Fsp3) is 1.00. The van der Waals surface area contributed by atoms with E-state index in [2.05, 4.69) is 24.1 Å². The molecular weight excluding hydrogens is 172 g/mol. The Kier molecular flexibility index (Phi) is 3.45. The van der Waals surface area contributed by atoms with Crippen LogP contribution in [0.5, 0.6) is 0 Å². The van der Waals surface area contributed by atoms with Crippen LogP contribution in [0, 0.1) is 5.92 Å². The summed E-state index contributed by atoms with van der Waals surface area (Å²) in [6.07, 6.45) is 5.87. The molecule has 0 amide bonds. The van der Waals surface area contributed by atoms with Gasteiger partial charge in [-0.2, -0.15) is 0 Å². The van der Waals surface area contributed by atoms with Gasteiger partial charge in [0.05, 0.1) is 0 Å². The molecular formula is C12H24N2. The van der Waals surface area contributed by atoms with E-state index in [-0.39, 0.29) is 0 Å². The SMILES string of the molecule is CCNC(C)CN(CC1CC1)C1CC1. The minimum atomic E-state index is 0.666. The number of nitrogens with zero attached hydrogens (tertiary/aromatic N) is 1. The van der Waals surface area contributed by atoms with Gasteiger partial charge >= 0.3 is 0 Å². The number of nitrogens with one attached hydrogen (secondary N) is 1. The summed E-state index contributed by atoms with van der Waals surface area (Å²) in [5.41, 5.74) is 0. The van der Waals surface area contributed by atoms with Gasteiger partial charge in [-0.3, -0.25) is 4.90 Å². The van der Waals surface area contributed by atoms with Crippen molar-refractivity contribution < 1.29 is 0 Å². The maximum absolute atomic E-state index is 3.51. The lowest BCUT2D eigenvalue weighted by Gasteiger charge is -2.25. The number of likely N-dealkylation sites (N-methyl/N-ethyl adjacent to an activating group) is 1. The van der Waals surface area contributed by atoms with E-state index < -0.39 is 0 Å². The summed E-state index contributed by atoms with van der Waals surface area (Å²) in [6, 6.07) is 1.61. The molecule has 1 unspecified atom stereocenters. The van der Waals surface area contributed by atoms with Crippen molar-refractivity contribution in [1.29, 1.82) is 0 Å². The van der Waals surface area contributed by atoms with Crippen LogP contribution in [0.25, 0.3) is 0 Å². The molecule has 0 saturated heterocycles. The predicted octanol–water partition coefficient (Wildman–Crippen LogP) is 1.86. The predicted molar refractivity (Wildman–Crippen MR) is 60.5 cm³/mol. The van der Waals surface area contributed by atoms with Crippen molar-refractivity contribution in [2.24, 2.45) is 5.92 Å². The van der Waals surface area contributed by atoms with Crippen molar-refractivity contribution in [3.8, 4) is 0 Å². The van der Waals surface area contributed by atoms with Crippen LogP contribution in [-0.2, 0) is 0 Å². The molecule has 0 spiro atoms. The molecule has 2 nitrogen and oxygen atoms in total. The Bertz CT molecular complexity index is 173. The van der Waals surface area contributed by atoms with Gasteiger partial charge in [0.1, 0.15) is 0 Å². The first-order chi connectivity index (χ1) is 6.79. The molecule has 2 fully saturated rings. The van der Waals surface area contributed by atoms with Crippen molar-refractivity contribution in [1.82, 2.24) is 10.2 Å². The first-order valence-corrected chi connectivity index (χ1v) is 6.27. The van der Waals surface area contributed by atoms with E-state index in [1.165, 1.54) is 38.8 Å². The van der Waals surface area contributed by atoms with Crippen molar-refractivity contribution in [3.63, 3.8) is 0 Å². The highest BCUT2D eigenvalue weighted by Gasteiger charge is 2.33. The lowest BCUT2D eigenvalue weighted by atomic mass is 10.2. The first-order valence-electron chi connectivity index (χ1n) is 6.27. The van der Waals surface area contributed by atoms with Crippen LogP contribution >= 0.6 is 0 Å². The number of hydrogen-bond donors (Lipinski definition) is 1. The molecule has 2 rings (SSSR count). The van der Waals surface area contributed by atoms with Crippen LogP contribution in [0.4, 0.5) is 0 Å². The molecule has 2 aliphatic rings. The Balaban J connectivity index is 1.71. The Hall–Kier alpha value is -0.0800. The molecule has 0 aromatic rings. The maximum Gasteiger partial charge on any atom is 0.0166 e. The van der Waals surface area contributed by atoms with E-state index in [9.17, 15) is 0 Å². The summed E-state index contributed by atoms with van der Waals surface area (Å²) in [5, 5.41) is 3.51. The van der Waals surface area contributed by atoms with Gasteiger partial charge in [0.2, 0.25) is 0 Å². The van der Waals surface area contributed by atoms with E-state index in [1.807, 2.05) is 0 Å². The molecule has 14 heavy (non-hydrogen) atoms. The molecule has 2 aliphatic carbocycles. The van der Waals surface area contributed by atoms with Crippen molar-refractivity contribution in [2.45, 2.75) is 51.6 Å². The number of rotatable bonds is 7.